The molecule has 0 aliphatic carbocycles. The zero-order valence-corrected chi connectivity index (χ0v) is 10.5. The van der Waals surface area contributed by atoms with Crippen LogP contribution < -0.4 is 5.73 Å². The molecule has 1 aromatic heterocycles. The Hall–Kier alpha value is -1.39. The topological polar surface area (TPSA) is 53.1 Å². The van der Waals surface area contributed by atoms with E-state index >= 15 is 0 Å². The van der Waals surface area contributed by atoms with E-state index in [0.717, 1.165) is 37.2 Å². The Bertz CT molecular complexity index is 516. The molecule has 18 heavy (non-hydrogen) atoms. The molecular formula is C14H19N3O. The number of nitrogens with zero attached hydrogens (tertiary/aromatic N) is 2. The van der Waals surface area contributed by atoms with Crippen molar-refractivity contribution in [2.75, 3.05) is 13.2 Å². The Labute approximate surface area is 107 Å². The molecule has 2 aromatic rings. The summed E-state index contributed by atoms with van der Waals surface area (Å²) in [6, 6.07) is 8.31. The number of aromatic nitrogens is 2. The average molecular weight is 245 g/mol. The number of fused-ring (bicyclic) bond motifs is 1. The second-order valence-corrected chi connectivity index (χ2v) is 5.03. The van der Waals surface area contributed by atoms with Crippen molar-refractivity contribution in [2.24, 2.45) is 11.7 Å². The third-order valence-corrected chi connectivity index (χ3v) is 3.74. The van der Waals surface area contributed by atoms with Gasteiger partial charge in [0.2, 0.25) is 0 Å². The molecule has 0 saturated carbocycles. The van der Waals surface area contributed by atoms with Crippen LogP contribution in [0.5, 0.6) is 0 Å². The normalized spacial score (nSPS) is 22.2. The van der Waals surface area contributed by atoms with E-state index in [9.17, 15) is 0 Å². The lowest BCUT2D eigenvalue weighted by Gasteiger charge is -2.27. The van der Waals surface area contributed by atoms with Gasteiger partial charge in [0.25, 0.3) is 0 Å². The van der Waals surface area contributed by atoms with Crippen LogP contribution in [0.25, 0.3) is 11.0 Å². The molecule has 4 nitrogen and oxygen atoms in total. The highest BCUT2D eigenvalue weighted by molar-refractivity contribution is 5.74. The summed E-state index contributed by atoms with van der Waals surface area (Å²) < 4.78 is 7.65. The van der Waals surface area contributed by atoms with Crippen LogP contribution in [0.2, 0.25) is 0 Å². The zero-order chi connectivity index (χ0) is 12.4. The molecule has 1 aliphatic rings. The molecule has 0 bridgehead atoms. The molecule has 96 valence electrons. The fourth-order valence-electron chi connectivity index (χ4n) is 2.64. The monoisotopic (exact) mass is 245 g/mol. The fourth-order valence-corrected chi connectivity index (χ4v) is 2.64. The van der Waals surface area contributed by atoms with Crippen molar-refractivity contribution in [3.63, 3.8) is 0 Å². The number of hydrogen-bond donors (Lipinski definition) is 1. The van der Waals surface area contributed by atoms with Gasteiger partial charge in [0.1, 0.15) is 0 Å². The number of nitrogens with two attached hydrogens (primary N) is 1. The van der Waals surface area contributed by atoms with Gasteiger partial charge < -0.3 is 15.0 Å². The highest BCUT2D eigenvalue weighted by Gasteiger charge is 2.21. The van der Waals surface area contributed by atoms with Crippen molar-refractivity contribution in [1.29, 1.82) is 0 Å². The molecule has 0 radical (unpaired) electrons. The summed E-state index contributed by atoms with van der Waals surface area (Å²) in [5, 5.41) is 0. The van der Waals surface area contributed by atoms with Crippen LogP contribution in [-0.2, 0) is 11.3 Å². The van der Waals surface area contributed by atoms with E-state index < -0.39 is 0 Å². The van der Waals surface area contributed by atoms with Crippen molar-refractivity contribution >= 4 is 11.0 Å². The van der Waals surface area contributed by atoms with Gasteiger partial charge in [-0.25, -0.2) is 4.98 Å². The van der Waals surface area contributed by atoms with Crippen LogP contribution in [0.15, 0.2) is 30.6 Å². The summed E-state index contributed by atoms with van der Waals surface area (Å²) in [5.41, 5.74) is 8.49. The lowest BCUT2D eigenvalue weighted by atomic mass is 9.94. The van der Waals surface area contributed by atoms with Crippen LogP contribution in [0, 0.1) is 5.92 Å². The highest BCUT2D eigenvalue weighted by atomic mass is 16.5. The third-order valence-electron chi connectivity index (χ3n) is 3.74. The van der Waals surface area contributed by atoms with E-state index in [1.54, 1.807) is 0 Å². The number of benzene rings is 1. The van der Waals surface area contributed by atoms with Gasteiger partial charge in [-0.1, -0.05) is 12.1 Å². The molecule has 1 aliphatic heterocycles. The third kappa shape index (κ3) is 2.26. The molecular weight excluding hydrogens is 226 g/mol. The lowest BCUT2D eigenvalue weighted by molar-refractivity contribution is 0.0428. The van der Waals surface area contributed by atoms with E-state index in [2.05, 4.69) is 15.6 Å². The molecule has 4 heteroatoms. The van der Waals surface area contributed by atoms with Gasteiger partial charge in [-0.3, -0.25) is 0 Å². The van der Waals surface area contributed by atoms with Crippen molar-refractivity contribution in [1.82, 2.24) is 9.55 Å². The summed E-state index contributed by atoms with van der Waals surface area (Å²) >= 11 is 0. The second kappa shape index (κ2) is 5.08. The Balaban J connectivity index is 1.75. The molecule has 1 aromatic carbocycles. The van der Waals surface area contributed by atoms with E-state index in [0.29, 0.717) is 5.92 Å². The van der Waals surface area contributed by atoms with Gasteiger partial charge >= 0.3 is 0 Å². The summed E-state index contributed by atoms with van der Waals surface area (Å²) in [5.74, 6) is 0.472. The summed E-state index contributed by atoms with van der Waals surface area (Å²) in [6.07, 6.45) is 4.19. The highest BCUT2D eigenvalue weighted by Crippen LogP contribution is 2.19. The number of hydrogen-bond acceptors (Lipinski definition) is 3. The Morgan fingerprint density at radius 3 is 3.17 bits per heavy atom. The SMILES string of the molecule is NC(Cn1cnc2ccccc21)C1CCCOC1. The van der Waals surface area contributed by atoms with Crippen LogP contribution in [0.1, 0.15) is 12.8 Å². The maximum Gasteiger partial charge on any atom is 0.0958 e. The molecule has 2 N–H and O–H groups in total. The van der Waals surface area contributed by atoms with Gasteiger partial charge in [-0.2, -0.15) is 0 Å². The average Bonchev–Trinajstić information content (AvgIpc) is 2.83. The van der Waals surface area contributed by atoms with Crippen LogP contribution in [0.4, 0.5) is 0 Å². The Kier molecular flexibility index (Phi) is 3.30. The van der Waals surface area contributed by atoms with E-state index in [1.165, 1.54) is 6.42 Å². The first-order valence-electron chi connectivity index (χ1n) is 6.58. The first-order valence-corrected chi connectivity index (χ1v) is 6.58. The largest absolute Gasteiger partial charge is 0.381 e. The zero-order valence-electron chi connectivity index (χ0n) is 10.5. The number of ether oxygens (including phenoxy) is 1. The van der Waals surface area contributed by atoms with Gasteiger partial charge in [0, 0.05) is 19.2 Å². The molecule has 0 amide bonds. The van der Waals surface area contributed by atoms with Gasteiger partial charge in [-0.15, -0.1) is 0 Å². The van der Waals surface area contributed by atoms with E-state index in [1.807, 2.05) is 24.5 Å². The predicted octanol–water partition coefficient (Wildman–Crippen LogP) is 1.79. The second-order valence-electron chi connectivity index (χ2n) is 5.03. The minimum Gasteiger partial charge on any atom is -0.381 e. The molecule has 0 spiro atoms. The predicted molar refractivity (Wildman–Crippen MR) is 71.3 cm³/mol. The van der Waals surface area contributed by atoms with Crippen LogP contribution in [-0.4, -0.2) is 28.8 Å². The van der Waals surface area contributed by atoms with Crippen LogP contribution >= 0.6 is 0 Å². The standard InChI is InChI=1S/C14H19N3O/c15-12(11-4-3-7-18-9-11)8-17-10-16-13-5-1-2-6-14(13)17/h1-2,5-6,10-12H,3-4,7-9,15H2. The molecule has 1 saturated heterocycles. The summed E-state index contributed by atoms with van der Waals surface area (Å²) in [4.78, 5) is 4.39. The van der Waals surface area contributed by atoms with Gasteiger partial charge in [0.15, 0.2) is 0 Å². The Morgan fingerprint density at radius 2 is 2.33 bits per heavy atom. The van der Waals surface area contributed by atoms with E-state index in [-0.39, 0.29) is 6.04 Å². The molecule has 2 unspecified atom stereocenters. The molecule has 2 atom stereocenters. The van der Waals surface area contributed by atoms with Gasteiger partial charge in [0.05, 0.1) is 24.0 Å². The van der Waals surface area contributed by atoms with Crippen molar-refractivity contribution in [3.05, 3.63) is 30.6 Å². The molecule has 1 fully saturated rings. The molecule has 2 heterocycles. The number of rotatable bonds is 3. The van der Waals surface area contributed by atoms with E-state index in [4.69, 9.17) is 10.5 Å². The van der Waals surface area contributed by atoms with Crippen LogP contribution in [0.3, 0.4) is 0 Å². The Morgan fingerprint density at radius 1 is 1.44 bits per heavy atom. The first kappa shape index (κ1) is 11.7. The minimum absolute atomic E-state index is 0.142. The maximum atomic E-state index is 6.30. The summed E-state index contributed by atoms with van der Waals surface area (Å²) in [6.45, 7) is 2.50. The number of imidazole rings is 1. The maximum absolute atomic E-state index is 6.30. The number of para-hydroxylation sites is 2. The van der Waals surface area contributed by atoms with Crippen molar-refractivity contribution < 1.29 is 4.74 Å². The summed E-state index contributed by atoms with van der Waals surface area (Å²) in [7, 11) is 0. The fraction of sp³-hybridized carbons (Fsp3) is 0.500. The smallest absolute Gasteiger partial charge is 0.0958 e. The van der Waals surface area contributed by atoms with Crippen molar-refractivity contribution in [3.8, 4) is 0 Å². The lowest BCUT2D eigenvalue weighted by Crippen LogP contribution is -2.38. The van der Waals surface area contributed by atoms with Crippen molar-refractivity contribution in [2.45, 2.75) is 25.4 Å². The van der Waals surface area contributed by atoms with Gasteiger partial charge in [-0.05, 0) is 30.9 Å². The quantitative estimate of drug-likeness (QED) is 0.897. The first-order chi connectivity index (χ1) is 8.84. The molecule has 3 rings (SSSR count). The minimum atomic E-state index is 0.142.